The maximum absolute atomic E-state index is 9.52. The molecule has 0 heterocycles. The molecule has 3 N–H and O–H groups in total. The molecular weight excluding hydrogens is 190 g/mol. The molecule has 1 aliphatic carbocycles. The van der Waals surface area contributed by atoms with E-state index < -0.39 is 0 Å². The Morgan fingerprint density at radius 2 is 2.20 bits per heavy atom. The summed E-state index contributed by atoms with van der Waals surface area (Å²) in [6, 6.07) is 0. The molecule has 1 aliphatic rings. The molecule has 3 nitrogen and oxygen atoms in total. The van der Waals surface area contributed by atoms with Gasteiger partial charge >= 0.3 is 0 Å². The Morgan fingerprint density at radius 3 is 2.73 bits per heavy atom. The number of nitrogens with one attached hydrogen (secondary N) is 1. The smallest absolute Gasteiger partial charge is 0.0613 e. The lowest BCUT2D eigenvalue weighted by Gasteiger charge is -2.40. The first-order valence-corrected chi connectivity index (χ1v) is 6.08. The first-order chi connectivity index (χ1) is 7.12. The number of hydrogen-bond acceptors (Lipinski definition) is 3. The van der Waals surface area contributed by atoms with Crippen LogP contribution >= 0.6 is 0 Å². The minimum Gasteiger partial charge on any atom is -0.396 e. The summed E-state index contributed by atoms with van der Waals surface area (Å²) < 4.78 is 0. The molecule has 0 saturated heterocycles. The zero-order valence-electron chi connectivity index (χ0n) is 10.00. The summed E-state index contributed by atoms with van der Waals surface area (Å²) in [6.45, 7) is 5.49. The van der Waals surface area contributed by atoms with Crippen LogP contribution in [0.5, 0.6) is 0 Å². The number of aliphatic hydroxyl groups excluding tert-OH is 2. The van der Waals surface area contributed by atoms with Crippen LogP contribution in [-0.2, 0) is 0 Å². The van der Waals surface area contributed by atoms with Crippen LogP contribution in [-0.4, -0.2) is 35.5 Å². The van der Waals surface area contributed by atoms with Gasteiger partial charge in [-0.1, -0.05) is 26.7 Å². The largest absolute Gasteiger partial charge is 0.396 e. The Morgan fingerprint density at radius 1 is 1.47 bits per heavy atom. The minimum absolute atomic E-state index is 0.0822. The normalized spacial score (nSPS) is 34.0. The highest BCUT2D eigenvalue weighted by atomic mass is 16.3. The zero-order chi connectivity index (χ0) is 11.3. The van der Waals surface area contributed by atoms with Crippen molar-refractivity contribution >= 4 is 0 Å². The van der Waals surface area contributed by atoms with Crippen LogP contribution in [0.1, 0.15) is 39.5 Å². The molecule has 0 amide bonds. The van der Waals surface area contributed by atoms with Crippen LogP contribution in [0.4, 0.5) is 0 Å². The highest BCUT2D eigenvalue weighted by Gasteiger charge is 2.33. The third-order valence-corrected chi connectivity index (χ3v) is 3.53. The van der Waals surface area contributed by atoms with Crippen molar-refractivity contribution in [1.29, 1.82) is 0 Å². The summed E-state index contributed by atoms with van der Waals surface area (Å²) in [5, 5.41) is 21.9. The summed E-state index contributed by atoms with van der Waals surface area (Å²) in [5.74, 6) is 0.966. The van der Waals surface area contributed by atoms with Crippen LogP contribution in [0.3, 0.4) is 0 Å². The zero-order valence-corrected chi connectivity index (χ0v) is 10.00. The van der Waals surface area contributed by atoms with Crippen molar-refractivity contribution in [1.82, 2.24) is 5.32 Å². The van der Waals surface area contributed by atoms with Crippen LogP contribution in [0, 0.1) is 11.8 Å². The highest BCUT2D eigenvalue weighted by Crippen LogP contribution is 2.31. The molecule has 15 heavy (non-hydrogen) atoms. The maximum Gasteiger partial charge on any atom is 0.0613 e. The molecular formula is C12H25NO2. The average Bonchev–Trinajstić information content (AvgIpc) is 2.26. The van der Waals surface area contributed by atoms with E-state index in [9.17, 15) is 5.11 Å². The van der Waals surface area contributed by atoms with Gasteiger partial charge in [0.15, 0.2) is 0 Å². The van der Waals surface area contributed by atoms with Gasteiger partial charge < -0.3 is 15.5 Å². The molecule has 0 aromatic rings. The van der Waals surface area contributed by atoms with E-state index in [0.29, 0.717) is 5.92 Å². The summed E-state index contributed by atoms with van der Waals surface area (Å²) in [6.07, 6.45) is 4.59. The first kappa shape index (κ1) is 12.9. The van der Waals surface area contributed by atoms with Gasteiger partial charge in [0.2, 0.25) is 0 Å². The molecule has 3 atom stereocenters. The topological polar surface area (TPSA) is 52.5 Å². The maximum atomic E-state index is 9.52. The van der Waals surface area contributed by atoms with E-state index >= 15 is 0 Å². The van der Waals surface area contributed by atoms with E-state index in [-0.39, 0.29) is 24.7 Å². The second-order valence-corrected chi connectivity index (χ2v) is 5.31. The molecule has 1 rings (SSSR count). The van der Waals surface area contributed by atoms with Crippen molar-refractivity contribution in [2.24, 2.45) is 11.8 Å². The van der Waals surface area contributed by atoms with E-state index in [0.717, 1.165) is 19.4 Å². The fourth-order valence-electron chi connectivity index (χ4n) is 2.48. The van der Waals surface area contributed by atoms with Gasteiger partial charge in [-0.25, -0.2) is 0 Å². The van der Waals surface area contributed by atoms with E-state index in [1.807, 2.05) is 6.92 Å². The van der Waals surface area contributed by atoms with Crippen molar-refractivity contribution in [2.45, 2.75) is 45.1 Å². The molecule has 0 aromatic heterocycles. The molecule has 0 aliphatic heterocycles. The van der Waals surface area contributed by atoms with Gasteiger partial charge in [-0.05, 0) is 24.7 Å². The molecule has 0 radical (unpaired) electrons. The van der Waals surface area contributed by atoms with Crippen molar-refractivity contribution in [2.75, 3.05) is 19.8 Å². The minimum atomic E-state index is -0.0822. The van der Waals surface area contributed by atoms with Gasteiger partial charge in [0.1, 0.15) is 0 Å². The molecule has 0 aromatic carbocycles. The van der Waals surface area contributed by atoms with Gasteiger partial charge in [-0.2, -0.15) is 0 Å². The van der Waals surface area contributed by atoms with Crippen molar-refractivity contribution in [3.05, 3.63) is 0 Å². The molecule has 1 fully saturated rings. The fraction of sp³-hybridized carbons (Fsp3) is 1.00. The van der Waals surface area contributed by atoms with Gasteiger partial charge in [0.05, 0.1) is 6.61 Å². The predicted molar refractivity (Wildman–Crippen MR) is 61.7 cm³/mol. The fourth-order valence-corrected chi connectivity index (χ4v) is 2.48. The summed E-state index contributed by atoms with van der Waals surface area (Å²) in [4.78, 5) is 0. The standard InChI is InChI=1S/C12H25NO2/c1-10-4-3-5-12(6-10,9-15)13-7-11(2)8-14/h10-11,13-15H,3-9H2,1-2H3. The Labute approximate surface area is 92.9 Å². The van der Waals surface area contributed by atoms with Crippen molar-refractivity contribution in [3.8, 4) is 0 Å². The molecule has 90 valence electrons. The van der Waals surface area contributed by atoms with E-state index in [1.165, 1.54) is 12.8 Å². The number of hydrogen-bond donors (Lipinski definition) is 3. The lowest BCUT2D eigenvalue weighted by molar-refractivity contribution is 0.0919. The summed E-state index contributed by atoms with van der Waals surface area (Å²) >= 11 is 0. The van der Waals surface area contributed by atoms with Gasteiger partial charge in [0.25, 0.3) is 0 Å². The lowest BCUT2D eigenvalue weighted by atomic mass is 9.76. The Balaban J connectivity index is 2.44. The summed E-state index contributed by atoms with van der Waals surface area (Å²) in [5.41, 5.74) is -0.0822. The molecule has 3 heteroatoms. The third kappa shape index (κ3) is 3.74. The van der Waals surface area contributed by atoms with Crippen LogP contribution in [0.2, 0.25) is 0 Å². The Hall–Kier alpha value is -0.120. The van der Waals surface area contributed by atoms with Crippen LogP contribution < -0.4 is 5.32 Å². The number of rotatable bonds is 5. The first-order valence-electron chi connectivity index (χ1n) is 6.08. The van der Waals surface area contributed by atoms with Gasteiger partial charge in [-0.15, -0.1) is 0 Å². The lowest BCUT2D eigenvalue weighted by Crippen LogP contribution is -2.52. The second-order valence-electron chi connectivity index (χ2n) is 5.31. The molecule has 0 bridgehead atoms. The van der Waals surface area contributed by atoms with Crippen LogP contribution in [0.15, 0.2) is 0 Å². The van der Waals surface area contributed by atoms with E-state index in [2.05, 4.69) is 12.2 Å². The molecule has 0 spiro atoms. The Bertz CT molecular complexity index is 186. The SMILES string of the molecule is CC(CO)CNC1(CO)CCCC(C)C1. The van der Waals surface area contributed by atoms with Gasteiger partial charge in [-0.3, -0.25) is 0 Å². The number of aliphatic hydroxyl groups is 2. The molecule has 1 saturated carbocycles. The van der Waals surface area contributed by atoms with Crippen molar-refractivity contribution in [3.63, 3.8) is 0 Å². The van der Waals surface area contributed by atoms with Crippen molar-refractivity contribution < 1.29 is 10.2 Å². The van der Waals surface area contributed by atoms with Gasteiger partial charge in [0, 0.05) is 18.7 Å². The average molecular weight is 215 g/mol. The Kier molecular flexibility index (Phi) is 5.03. The second kappa shape index (κ2) is 5.83. The third-order valence-electron chi connectivity index (χ3n) is 3.53. The quantitative estimate of drug-likeness (QED) is 0.645. The highest BCUT2D eigenvalue weighted by molar-refractivity contribution is 4.92. The van der Waals surface area contributed by atoms with E-state index in [4.69, 9.17) is 5.11 Å². The van der Waals surface area contributed by atoms with E-state index in [1.54, 1.807) is 0 Å². The monoisotopic (exact) mass is 215 g/mol. The predicted octanol–water partition coefficient (Wildman–Crippen LogP) is 1.15. The summed E-state index contributed by atoms with van der Waals surface area (Å²) in [7, 11) is 0. The molecule has 3 unspecified atom stereocenters. The van der Waals surface area contributed by atoms with Crippen LogP contribution in [0.25, 0.3) is 0 Å².